The van der Waals surface area contributed by atoms with Crippen LogP contribution in [0.25, 0.3) is 55.6 Å². The molecule has 0 spiro atoms. The zero-order chi connectivity index (χ0) is 54.2. The Labute approximate surface area is 463 Å². The fraction of sp³-hybridized carbons (Fsp3) is 0.151. The summed E-state index contributed by atoms with van der Waals surface area (Å²) in [6.45, 7) is 17.5. The molecule has 0 fully saturated rings. The average molecular weight is 1030 g/mol. The van der Waals surface area contributed by atoms with Gasteiger partial charge in [0, 0.05) is 47.7 Å². The third kappa shape index (κ3) is 8.42. The van der Waals surface area contributed by atoms with E-state index in [0.717, 1.165) is 101 Å². The number of fused-ring (bicyclic) bond motifs is 7. The van der Waals surface area contributed by atoms with Crippen LogP contribution in [0.15, 0.2) is 239 Å². The van der Waals surface area contributed by atoms with Gasteiger partial charge < -0.3 is 18.6 Å². The Bertz CT molecular complexity index is 3900. The molecule has 0 aliphatic heterocycles. The number of nitrogens with zero attached hydrogens (tertiary/aromatic N) is 4. The second-order valence-electron chi connectivity index (χ2n) is 23.0. The first kappa shape index (κ1) is 49.3. The number of anilines is 6. The molecule has 386 valence electrons. The van der Waals surface area contributed by atoms with Crippen molar-refractivity contribution in [1.29, 1.82) is 0 Å². The first-order valence-corrected chi connectivity index (χ1v) is 27.4. The third-order valence-electron chi connectivity index (χ3n) is 15.9. The third-order valence-corrected chi connectivity index (χ3v) is 15.9. The number of hydrogen-bond donors (Lipinski definition) is 0. The maximum Gasteiger partial charge on any atom is 0.192 e. The number of rotatable bonds is 10. The van der Waals surface area contributed by atoms with Gasteiger partial charge in [0.2, 0.25) is 0 Å². The van der Waals surface area contributed by atoms with Gasteiger partial charge in [-0.15, -0.1) is 0 Å². The molecular formula is C73H62N4O2. The quantitative estimate of drug-likeness (QED) is 0.136. The molecule has 0 bridgehead atoms. The van der Waals surface area contributed by atoms with Crippen LogP contribution in [0.1, 0.15) is 86.7 Å². The van der Waals surface area contributed by atoms with Crippen LogP contribution in [-0.4, -0.2) is 9.97 Å². The van der Waals surface area contributed by atoms with E-state index in [2.05, 4.69) is 282 Å². The summed E-state index contributed by atoms with van der Waals surface area (Å²) in [6, 6.07) is 83.6. The summed E-state index contributed by atoms with van der Waals surface area (Å²) in [6.07, 6.45) is 0. The van der Waals surface area contributed by atoms with Crippen LogP contribution in [0.2, 0.25) is 0 Å². The van der Waals surface area contributed by atoms with Gasteiger partial charge in [0.25, 0.3) is 0 Å². The minimum atomic E-state index is -0.918. The largest absolute Gasteiger partial charge is 0.440 e. The molecule has 0 atom stereocenters. The Morgan fingerprint density at radius 1 is 0.354 bits per heavy atom. The van der Waals surface area contributed by atoms with E-state index in [1.165, 1.54) is 11.1 Å². The Morgan fingerprint density at radius 2 is 0.646 bits per heavy atom. The molecule has 1 aliphatic carbocycles. The maximum atomic E-state index is 7.08. The molecule has 0 N–H and O–H groups in total. The Hall–Kier alpha value is -9.26. The topological polar surface area (TPSA) is 58.5 Å². The van der Waals surface area contributed by atoms with Crippen molar-refractivity contribution in [2.75, 3.05) is 9.80 Å². The summed E-state index contributed by atoms with van der Waals surface area (Å²) in [5, 5.41) is 0. The summed E-state index contributed by atoms with van der Waals surface area (Å²) in [5.41, 5.74) is 20.9. The van der Waals surface area contributed by atoms with E-state index in [1.54, 1.807) is 0 Å². The molecule has 10 aromatic carbocycles. The first-order valence-electron chi connectivity index (χ1n) is 27.4. The number of benzene rings is 10. The van der Waals surface area contributed by atoms with Crippen molar-refractivity contribution in [2.24, 2.45) is 0 Å². The summed E-state index contributed by atoms with van der Waals surface area (Å²) >= 11 is 0. The van der Waals surface area contributed by atoms with Gasteiger partial charge in [-0.05, 0) is 127 Å². The molecule has 0 saturated carbocycles. The van der Waals surface area contributed by atoms with Crippen molar-refractivity contribution in [3.05, 3.63) is 276 Å². The van der Waals surface area contributed by atoms with Crippen molar-refractivity contribution in [3.8, 4) is 33.4 Å². The predicted octanol–water partition coefficient (Wildman–Crippen LogP) is 19.8. The van der Waals surface area contributed by atoms with Gasteiger partial charge in [-0.2, -0.15) is 0 Å². The highest BCUT2D eigenvalue weighted by Crippen LogP contribution is 2.63. The average Bonchev–Trinajstić information content (AvgIpc) is 3.42. The molecule has 79 heavy (non-hydrogen) atoms. The summed E-state index contributed by atoms with van der Waals surface area (Å²) in [7, 11) is 0. The molecule has 0 radical (unpaired) electrons. The number of aryl methyl sites for hydroxylation is 2. The van der Waals surface area contributed by atoms with Gasteiger partial charge in [0.15, 0.2) is 22.9 Å². The van der Waals surface area contributed by atoms with Crippen molar-refractivity contribution in [3.63, 3.8) is 0 Å². The maximum absolute atomic E-state index is 7.08. The van der Waals surface area contributed by atoms with Crippen molar-refractivity contribution in [1.82, 2.24) is 9.97 Å². The number of aromatic nitrogens is 2. The Balaban J connectivity index is 1.13. The second-order valence-corrected chi connectivity index (χ2v) is 23.0. The molecule has 13 rings (SSSR count). The smallest absolute Gasteiger partial charge is 0.192 e. The van der Waals surface area contributed by atoms with E-state index >= 15 is 0 Å². The van der Waals surface area contributed by atoms with Gasteiger partial charge in [0.1, 0.15) is 11.0 Å². The molecule has 0 amide bonds. The molecular weight excluding hydrogens is 965 g/mol. The number of oxazole rings is 2. The lowest BCUT2D eigenvalue weighted by Gasteiger charge is -2.35. The van der Waals surface area contributed by atoms with E-state index in [0.29, 0.717) is 22.9 Å². The van der Waals surface area contributed by atoms with Crippen LogP contribution in [0.5, 0.6) is 0 Å². The first-order chi connectivity index (χ1) is 38.3. The second kappa shape index (κ2) is 19.0. The Morgan fingerprint density at radius 3 is 0.962 bits per heavy atom. The fourth-order valence-corrected chi connectivity index (χ4v) is 12.0. The minimum absolute atomic E-state index is 0.0399. The lowest BCUT2D eigenvalue weighted by molar-refractivity contribution is 0.558. The van der Waals surface area contributed by atoms with Gasteiger partial charge in [-0.25, -0.2) is 9.97 Å². The summed E-state index contributed by atoms with van der Waals surface area (Å²) < 4.78 is 14.2. The normalized spacial score (nSPS) is 12.9. The predicted molar refractivity (Wildman–Crippen MR) is 326 cm³/mol. The van der Waals surface area contributed by atoms with Crippen LogP contribution in [0.3, 0.4) is 0 Å². The fourth-order valence-electron chi connectivity index (χ4n) is 12.0. The highest BCUT2D eigenvalue weighted by atomic mass is 16.4. The van der Waals surface area contributed by atoms with Crippen molar-refractivity contribution >= 4 is 56.3 Å². The van der Waals surface area contributed by atoms with Crippen LogP contribution in [0, 0.1) is 13.8 Å². The molecule has 0 unspecified atom stereocenters. The summed E-state index contributed by atoms with van der Waals surface area (Å²) in [5.74, 6) is 1.13. The Kier molecular flexibility index (Phi) is 11.9. The number of hydrogen-bond acceptors (Lipinski definition) is 6. The highest BCUT2D eigenvalue weighted by molar-refractivity contribution is 6.14. The van der Waals surface area contributed by atoms with E-state index in [1.807, 2.05) is 13.8 Å². The van der Waals surface area contributed by atoms with E-state index in [9.17, 15) is 0 Å². The molecule has 0 saturated heterocycles. The highest BCUT2D eigenvalue weighted by Gasteiger charge is 2.51. The molecule has 6 heteroatoms. The van der Waals surface area contributed by atoms with Crippen LogP contribution in [-0.2, 0) is 16.2 Å². The van der Waals surface area contributed by atoms with Gasteiger partial charge >= 0.3 is 0 Å². The summed E-state index contributed by atoms with van der Waals surface area (Å²) in [4.78, 5) is 15.4. The van der Waals surface area contributed by atoms with Crippen molar-refractivity contribution < 1.29 is 8.83 Å². The standard InChI is InChI=1S/C73H62N4O2/c1-47-74-67-63(76(59-41-33-53(34-42-59)71(3,4)5)57-37-29-51(30-38-57)49-21-13-9-14-22-49)45-61-65(69(67)78-47)66-62(73(61,55-25-17-11-18-26-55)56-27-19-12-20-28-56)46-64(68-70(66)79-48(2)75-68)77(60-43-35-54(36-44-60)72(6,7)8)58-39-31-52(32-40-58)50-23-15-10-16-24-50/h9-46H,1-8H3. The van der Waals surface area contributed by atoms with E-state index in [4.69, 9.17) is 18.8 Å². The van der Waals surface area contributed by atoms with Crippen LogP contribution >= 0.6 is 0 Å². The lowest BCUT2D eigenvalue weighted by Crippen LogP contribution is -2.29. The lowest BCUT2D eigenvalue weighted by atomic mass is 9.67. The SMILES string of the molecule is Cc1nc2c(N(c3ccc(-c4ccccc4)cc3)c3ccc(C(C)(C)C)cc3)cc3c(c2o1)-c1c(cc(N(c2ccc(-c4ccccc4)cc2)c2ccc(C(C)(C)C)cc2)c2nc(C)oc12)C3(c1ccccc1)c1ccccc1. The minimum Gasteiger partial charge on any atom is -0.440 e. The molecule has 6 nitrogen and oxygen atoms in total. The van der Waals surface area contributed by atoms with Crippen molar-refractivity contribution in [2.45, 2.75) is 71.6 Å². The van der Waals surface area contributed by atoms with Crippen LogP contribution in [0.4, 0.5) is 34.1 Å². The molecule has 2 heterocycles. The van der Waals surface area contributed by atoms with E-state index in [-0.39, 0.29) is 10.8 Å². The zero-order valence-electron chi connectivity index (χ0n) is 46.0. The van der Waals surface area contributed by atoms with Gasteiger partial charge in [-0.3, -0.25) is 0 Å². The zero-order valence-corrected chi connectivity index (χ0v) is 46.0. The van der Waals surface area contributed by atoms with Crippen LogP contribution < -0.4 is 9.80 Å². The van der Waals surface area contributed by atoms with Gasteiger partial charge in [-0.1, -0.05) is 211 Å². The molecule has 2 aromatic heterocycles. The monoisotopic (exact) mass is 1030 g/mol. The molecule has 1 aliphatic rings. The van der Waals surface area contributed by atoms with E-state index < -0.39 is 5.41 Å². The van der Waals surface area contributed by atoms with Gasteiger partial charge in [0.05, 0.1) is 16.8 Å². The molecule has 12 aromatic rings.